The van der Waals surface area contributed by atoms with E-state index in [1.165, 1.54) is 25.5 Å². The Morgan fingerprint density at radius 1 is 1.25 bits per heavy atom. The Labute approximate surface area is 99.5 Å². The van der Waals surface area contributed by atoms with Crippen molar-refractivity contribution in [3.05, 3.63) is 0 Å². The van der Waals surface area contributed by atoms with Crippen molar-refractivity contribution in [1.29, 1.82) is 0 Å². The number of hydrogen-bond acceptors (Lipinski definition) is 3. The predicted octanol–water partition coefficient (Wildman–Crippen LogP) is 1.19. The zero-order chi connectivity index (χ0) is 12.0. The highest BCUT2D eigenvalue weighted by Gasteiger charge is 2.27. The van der Waals surface area contributed by atoms with Gasteiger partial charge in [0, 0.05) is 12.6 Å². The molecule has 1 saturated carbocycles. The quantitative estimate of drug-likeness (QED) is 0.718. The fraction of sp³-hybridized carbons (Fsp3) is 1.00. The van der Waals surface area contributed by atoms with Crippen LogP contribution in [0.3, 0.4) is 0 Å². The third kappa shape index (κ3) is 4.39. The Bertz CT molecular complexity index is 284. The van der Waals surface area contributed by atoms with E-state index in [4.69, 9.17) is 0 Å². The lowest BCUT2D eigenvalue weighted by molar-refractivity contribution is 0.252. The first-order valence-electron chi connectivity index (χ1n) is 6.17. The van der Waals surface area contributed by atoms with Crippen molar-refractivity contribution in [3.63, 3.8) is 0 Å². The number of nitrogens with zero attached hydrogens (tertiary/aromatic N) is 1. The highest BCUT2D eigenvalue weighted by Crippen LogP contribution is 2.24. The summed E-state index contributed by atoms with van der Waals surface area (Å²) in [6.45, 7) is 1.53. The number of nitrogens with one attached hydrogen (secondary N) is 1. The van der Waals surface area contributed by atoms with Gasteiger partial charge in [-0.3, -0.25) is 0 Å². The first kappa shape index (κ1) is 13.9. The predicted molar refractivity (Wildman–Crippen MR) is 67.0 cm³/mol. The molecular formula is C11H24N2O2S. The van der Waals surface area contributed by atoms with E-state index in [1.54, 1.807) is 4.31 Å². The van der Waals surface area contributed by atoms with Crippen LogP contribution in [-0.4, -0.2) is 45.2 Å². The van der Waals surface area contributed by atoms with Gasteiger partial charge in [-0.1, -0.05) is 19.3 Å². The minimum absolute atomic E-state index is 0.251. The van der Waals surface area contributed by atoms with Crippen LogP contribution in [0.5, 0.6) is 0 Å². The number of hydrogen-bond donors (Lipinski definition) is 1. The smallest absolute Gasteiger partial charge is 0.211 e. The van der Waals surface area contributed by atoms with Crippen LogP contribution in [0.25, 0.3) is 0 Å². The van der Waals surface area contributed by atoms with Gasteiger partial charge < -0.3 is 5.32 Å². The van der Waals surface area contributed by atoms with Gasteiger partial charge in [0.05, 0.1) is 6.26 Å². The first-order chi connectivity index (χ1) is 7.55. The van der Waals surface area contributed by atoms with Gasteiger partial charge in [-0.15, -0.1) is 0 Å². The first-order valence-corrected chi connectivity index (χ1v) is 8.02. The Kier molecular flexibility index (Phi) is 5.72. The fourth-order valence-electron chi connectivity index (χ4n) is 2.40. The van der Waals surface area contributed by atoms with Crippen molar-refractivity contribution in [2.45, 2.75) is 44.6 Å². The lowest BCUT2D eigenvalue weighted by Gasteiger charge is -2.32. The van der Waals surface area contributed by atoms with Crippen LogP contribution in [-0.2, 0) is 10.0 Å². The van der Waals surface area contributed by atoms with Gasteiger partial charge >= 0.3 is 0 Å². The summed E-state index contributed by atoms with van der Waals surface area (Å²) in [4.78, 5) is 0. The maximum Gasteiger partial charge on any atom is 0.211 e. The topological polar surface area (TPSA) is 49.4 Å². The molecule has 1 aliphatic rings. The molecule has 1 aliphatic carbocycles. The van der Waals surface area contributed by atoms with E-state index in [-0.39, 0.29) is 6.04 Å². The zero-order valence-electron chi connectivity index (χ0n) is 10.4. The van der Waals surface area contributed by atoms with Crippen molar-refractivity contribution in [3.8, 4) is 0 Å². The maximum absolute atomic E-state index is 11.7. The van der Waals surface area contributed by atoms with Crippen LogP contribution in [0.2, 0.25) is 0 Å². The van der Waals surface area contributed by atoms with Crippen molar-refractivity contribution in [1.82, 2.24) is 9.62 Å². The van der Waals surface area contributed by atoms with E-state index < -0.39 is 10.0 Å². The van der Waals surface area contributed by atoms with Crippen LogP contribution in [0.1, 0.15) is 38.5 Å². The Morgan fingerprint density at radius 2 is 1.88 bits per heavy atom. The van der Waals surface area contributed by atoms with Crippen molar-refractivity contribution in [2.75, 3.05) is 26.4 Å². The molecule has 1 rings (SSSR count). The molecule has 0 heterocycles. The molecule has 1 fully saturated rings. The highest BCUT2D eigenvalue weighted by atomic mass is 32.2. The van der Waals surface area contributed by atoms with E-state index in [2.05, 4.69) is 5.32 Å². The molecule has 0 aromatic rings. The van der Waals surface area contributed by atoms with E-state index >= 15 is 0 Å². The van der Waals surface area contributed by atoms with Gasteiger partial charge in [-0.2, -0.15) is 4.31 Å². The molecule has 0 amide bonds. The Hall–Kier alpha value is -0.130. The second-order valence-electron chi connectivity index (χ2n) is 4.62. The number of rotatable bonds is 6. The second-order valence-corrected chi connectivity index (χ2v) is 6.56. The minimum atomic E-state index is -3.04. The molecular weight excluding hydrogens is 224 g/mol. The summed E-state index contributed by atoms with van der Waals surface area (Å²) in [5, 5.41) is 3.06. The zero-order valence-corrected chi connectivity index (χ0v) is 11.2. The van der Waals surface area contributed by atoms with Gasteiger partial charge in [-0.25, -0.2) is 8.42 Å². The average Bonchev–Trinajstić information content (AvgIpc) is 2.24. The third-order valence-corrected chi connectivity index (χ3v) is 4.55. The van der Waals surface area contributed by atoms with Crippen LogP contribution in [0.15, 0.2) is 0 Å². The lowest BCUT2D eigenvalue weighted by atomic mass is 9.95. The lowest BCUT2D eigenvalue weighted by Crippen LogP contribution is -2.42. The molecule has 16 heavy (non-hydrogen) atoms. The normalized spacial score (nSPS) is 19.2. The Balaban J connectivity index is 2.55. The molecule has 1 N–H and O–H groups in total. The third-order valence-electron chi connectivity index (χ3n) is 3.21. The van der Waals surface area contributed by atoms with Crippen LogP contribution >= 0.6 is 0 Å². The van der Waals surface area contributed by atoms with E-state index in [0.717, 1.165) is 25.8 Å². The highest BCUT2D eigenvalue weighted by molar-refractivity contribution is 7.88. The maximum atomic E-state index is 11.7. The van der Waals surface area contributed by atoms with Crippen molar-refractivity contribution < 1.29 is 8.42 Å². The standard InChI is InChI=1S/C11H24N2O2S/c1-12-9-6-10-13(16(2,14)15)11-7-4-3-5-8-11/h11-12H,3-10H2,1-2H3. The van der Waals surface area contributed by atoms with Gasteiger partial charge in [0.15, 0.2) is 0 Å². The molecule has 0 atom stereocenters. The van der Waals surface area contributed by atoms with Crippen molar-refractivity contribution >= 4 is 10.0 Å². The van der Waals surface area contributed by atoms with Gasteiger partial charge in [-0.05, 0) is 32.9 Å². The van der Waals surface area contributed by atoms with Gasteiger partial charge in [0.1, 0.15) is 0 Å². The van der Waals surface area contributed by atoms with E-state index in [9.17, 15) is 8.42 Å². The summed E-state index contributed by atoms with van der Waals surface area (Å²) in [5.41, 5.74) is 0. The summed E-state index contributed by atoms with van der Waals surface area (Å²) in [6, 6.07) is 0.251. The molecule has 0 spiro atoms. The van der Waals surface area contributed by atoms with Crippen LogP contribution in [0, 0.1) is 0 Å². The van der Waals surface area contributed by atoms with E-state index in [1.807, 2.05) is 7.05 Å². The molecule has 96 valence electrons. The summed E-state index contributed by atoms with van der Waals surface area (Å²) in [6.07, 6.45) is 7.89. The molecule has 0 radical (unpaired) electrons. The SMILES string of the molecule is CNCCCN(C1CCCCC1)S(C)(=O)=O. The molecule has 5 heteroatoms. The molecule has 0 aliphatic heterocycles. The summed E-state index contributed by atoms with van der Waals surface area (Å²) >= 11 is 0. The van der Waals surface area contributed by atoms with Crippen LogP contribution < -0.4 is 5.32 Å². The van der Waals surface area contributed by atoms with Gasteiger partial charge in [0.25, 0.3) is 0 Å². The largest absolute Gasteiger partial charge is 0.320 e. The van der Waals surface area contributed by atoms with Crippen molar-refractivity contribution in [2.24, 2.45) is 0 Å². The number of sulfonamides is 1. The molecule has 0 aromatic carbocycles. The second kappa shape index (κ2) is 6.57. The molecule has 0 unspecified atom stereocenters. The molecule has 4 nitrogen and oxygen atoms in total. The van der Waals surface area contributed by atoms with Crippen LogP contribution in [0.4, 0.5) is 0 Å². The summed E-state index contributed by atoms with van der Waals surface area (Å²) < 4.78 is 25.2. The monoisotopic (exact) mass is 248 g/mol. The fourth-order valence-corrected chi connectivity index (χ4v) is 3.61. The average molecular weight is 248 g/mol. The van der Waals surface area contributed by atoms with Gasteiger partial charge in [0.2, 0.25) is 10.0 Å². The Morgan fingerprint density at radius 3 is 2.38 bits per heavy atom. The molecule has 0 aromatic heterocycles. The molecule has 0 saturated heterocycles. The minimum Gasteiger partial charge on any atom is -0.320 e. The summed E-state index contributed by atoms with van der Waals surface area (Å²) in [5.74, 6) is 0. The molecule has 0 bridgehead atoms. The van der Waals surface area contributed by atoms with E-state index in [0.29, 0.717) is 6.54 Å². The summed E-state index contributed by atoms with van der Waals surface area (Å²) in [7, 11) is -1.15.